The van der Waals surface area contributed by atoms with E-state index >= 15 is 0 Å². The molecule has 1 heterocycles. The van der Waals surface area contributed by atoms with Crippen LogP contribution in [0.25, 0.3) is 0 Å². The first kappa shape index (κ1) is 8.73. The highest BCUT2D eigenvalue weighted by molar-refractivity contribution is 5.09. The molecule has 0 bridgehead atoms. The molecule has 0 spiro atoms. The summed E-state index contributed by atoms with van der Waals surface area (Å²) >= 11 is 0. The van der Waals surface area contributed by atoms with Gasteiger partial charge in [0.2, 0.25) is 0 Å². The van der Waals surface area contributed by atoms with E-state index in [1.165, 1.54) is 0 Å². The molecule has 1 rings (SSSR count). The van der Waals surface area contributed by atoms with Crippen LogP contribution in [0.5, 0.6) is 0 Å². The molecule has 60 valence electrons. The van der Waals surface area contributed by atoms with Gasteiger partial charge in [-0.3, -0.25) is 0 Å². The van der Waals surface area contributed by atoms with Crippen LogP contribution in [0.15, 0.2) is 0 Å². The smallest absolute Gasteiger partial charge is 0.120 e. The third-order valence-corrected chi connectivity index (χ3v) is 1.93. The Kier molecular flexibility index (Phi) is 2.82. The minimum Gasteiger partial charge on any atom is -0.350 e. The van der Waals surface area contributed by atoms with Gasteiger partial charge in [0, 0.05) is 5.92 Å². The van der Waals surface area contributed by atoms with Gasteiger partial charge in [-0.05, 0) is 12.8 Å². The van der Waals surface area contributed by atoms with E-state index in [0.29, 0.717) is 0 Å². The van der Waals surface area contributed by atoms with Crippen LogP contribution in [0.2, 0.25) is 0 Å². The third kappa shape index (κ3) is 1.82. The van der Waals surface area contributed by atoms with Crippen molar-refractivity contribution in [3.8, 4) is 37.0 Å². The van der Waals surface area contributed by atoms with Gasteiger partial charge in [-0.25, -0.2) is 0 Å². The van der Waals surface area contributed by atoms with Crippen molar-refractivity contribution >= 4 is 0 Å². The fourth-order valence-corrected chi connectivity index (χ4v) is 1.27. The van der Waals surface area contributed by atoms with E-state index in [-0.39, 0.29) is 18.1 Å². The zero-order chi connectivity index (χ0) is 8.97. The van der Waals surface area contributed by atoms with Crippen LogP contribution >= 0.6 is 0 Å². The van der Waals surface area contributed by atoms with Gasteiger partial charge in [0.25, 0.3) is 0 Å². The van der Waals surface area contributed by atoms with Crippen molar-refractivity contribution in [2.24, 2.45) is 5.92 Å². The standard InChI is InChI=1S/C11H10O/c1-4-9-7-10(5-2)12-11(6-3)8-9/h1-3,9-11H,7-8H2. The molecule has 1 saturated heterocycles. The highest BCUT2D eigenvalue weighted by atomic mass is 16.5. The van der Waals surface area contributed by atoms with Crippen molar-refractivity contribution in [2.45, 2.75) is 25.0 Å². The molecule has 2 unspecified atom stereocenters. The molecule has 12 heavy (non-hydrogen) atoms. The van der Waals surface area contributed by atoms with Crippen LogP contribution in [0, 0.1) is 42.9 Å². The number of rotatable bonds is 0. The first-order valence-electron chi connectivity index (χ1n) is 3.84. The summed E-state index contributed by atoms with van der Waals surface area (Å²) in [5.74, 6) is 7.87. The average molecular weight is 158 g/mol. The van der Waals surface area contributed by atoms with E-state index in [0.717, 1.165) is 12.8 Å². The van der Waals surface area contributed by atoms with Crippen molar-refractivity contribution in [3.05, 3.63) is 0 Å². The predicted molar refractivity (Wildman–Crippen MR) is 47.9 cm³/mol. The molecule has 0 amide bonds. The molecule has 2 atom stereocenters. The Hall–Kier alpha value is -1.36. The van der Waals surface area contributed by atoms with Gasteiger partial charge >= 0.3 is 0 Å². The van der Waals surface area contributed by atoms with Crippen LogP contribution < -0.4 is 0 Å². The Morgan fingerprint density at radius 1 is 0.917 bits per heavy atom. The molecule has 1 heteroatoms. The second-order valence-corrected chi connectivity index (χ2v) is 2.78. The summed E-state index contributed by atoms with van der Waals surface area (Å²) in [6.45, 7) is 0. The summed E-state index contributed by atoms with van der Waals surface area (Å²) in [5.41, 5.74) is 0. The molecule has 0 N–H and O–H groups in total. The van der Waals surface area contributed by atoms with Crippen LogP contribution in [0.3, 0.4) is 0 Å². The molecule has 1 aliphatic rings. The van der Waals surface area contributed by atoms with E-state index in [4.69, 9.17) is 24.0 Å². The fourth-order valence-electron chi connectivity index (χ4n) is 1.27. The van der Waals surface area contributed by atoms with Gasteiger partial charge in [0.05, 0.1) is 0 Å². The molecule has 1 nitrogen and oxygen atoms in total. The predicted octanol–water partition coefficient (Wildman–Crippen LogP) is 1.05. The lowest BCUT2D eigenvalue weighted by Crippen LogP contribution is -2.30. The third-order valence-electron chi connectivity index (χ3n) is 1.93. The molecule has 0 aromatic heterocycles. The van der Waals surface area contributed by atoms with E-state index < -0.39 is 0 Å². The highest BCUT2D eigenvalue weighted by Crippen LogP contribution is 2.23. The topological polar surface area (TPSA) is 9.23 Å². The van der Waals surface area contributed by atoms with Gasteiger partial charge < -0.3 is 4.74 Å². The quantitative estimate of drug-likeness (QED) is 0.479. The Labute approximate surface area is 73.5 Å². The molecular weight excluding hydrogens is 148 g/mol. The normalized spacial score (nSPS) is 34.2. The minimum absolute atomic E-state index is 0.167. The molecular formula is C11H10O. The maximum atomic E-state index is 5.35. The van der Waals surface area contributed by atoms with Crippen molar-refractivity contribution in [1.29, 1.82) is 0 Å². The van der Waals surface area contributed by atoms with Gasteiger partial charge in [0.1, 0.15) is 12.2 Å². The van der Waals surface area contributed by atoms with Crippen molar-refractivity contribution in [3.63, 3.8) is 0 Å². The van der Waals surface area contributed by atoms with E-state index in [1.807, 2.05) is 0 Å². The van der Waals surface area contributed by atoms with Crippen molar-refractivity contribution in [1.82, 2.24) is 0 Å². The Bertz CT molecular complexity index is 217. The largest absolute Gasteiger partial charge is 0.350 e. The maximum absolute atomic E-state index is 5.35. The van der Waals surface area contributed by atoms with E-state index in [2.05, 4.69) is 17.8 Å². The number of hydrogen-bond acceptors (Lipinski definition) is 1. The Morgan fingerprint density at radius 3 is 1.75 bits per heavy atom. The summed E-state index contributed by atoms with van der Waals surface area (Å²) in [6, 6.07) is 0. The molecule has 0 radical (unpaired) electrons. The molecule has 1 fully saturated rings. The summed E-state index contributed by atoms with van der Waals surface area (Å²) in [6.07, 6.45) is 16.8. The second-order valence-electron chi connectivity index (χ2n) is 2.78. The number of terminal acetylenes is 3. The fraction of sp³-hybridized carbons (Fsp3) is 0.455. The first-order chi connectivity index (χ1) is 5.80. The lowest BCUT2D eigenvalue weighted by atomic mass is 9.93. The first-order valence-corrected chi connectivity index (χ1v) is 3.84. The molecule has 0 aromatic rings. The monoisotopic (exact) mass is 158 g/mol. The van der Waals surface area contributed by atoms with Gasteiger partial charge in [0.15, 0.2) is 0 Å². The number of ether oxygens (including phenoxy) is 1. The maximum Gasteiger partial charge on any atom is 0.120 e. The van der Waals surface area contributed by atoms with E-state index in [9.17, 15) is 0 Å². The second kappa shape index (κ2) is 3.87. The van der Waals surface area contributed by atoms with Crippen LogP contribution in [0.4, 0.5) is 0 Å². The summed E-state index contributed by atoms with van der Waals surface area (Å²) in [5, 5.41) is 0. The van der Waals surface area contributed by atoms with Crippen LogP contribution in [-0.2, 0) is 4.74 Å². The van der Waals surface area contributed by atoms with Crippen LogP contribution in [-0.4, -0.2) is 12.2 Å². The van der Waals surface area contributed by atoms with Gasteiger partial charge in [-0.2, -0.15) is 0 Å². The zero-order valence-corrected chi connectivity index (χ0v) is 6.79. The highest BCUT2D eigenvalue weighted by Gasteiger charge is 2.25. The molecule has 0 aliphatic carbocycles. The van der Waals surface area contributed by atoms with Gasteiger partial charge in [-0.1, -0.05) is 11.8 Å². The molecule has 1 aliphatic heterocycles. The molecule has 0 aromatic carbocycles. The van der Waals surface area contributed by atoms with E-state index in [1.54, 1.807) is 0 Å². The lowest BCUT2D eigenvalue weighted by Gasteiger charge is -2.27. The Balaban J connectivity index is 2.63. The van der Waals surface area contributed by atoms with Gasteiger partial charge in [-0.15, -0.1) is 25.2 Å². The number of hydrogen-bond donors (Lipinski definition) is 0. The molecule has 0 saturated carbocycles. The van der Waals surface area contributed by atoms with Crippen LogP contribution in [0.1, 0.15) is 12.8 Å². The summed E-state index contributed by atoms with van der Waals surface area (Å²) < 4.78 is 5.35. The van der Waals surface area contributed by atoms with Crippen molar-refractivity contribution < 1.29 is 4.74 Å². The SMILES string of the molecule is C#CC1CC(C#C)OC(C#C)C1. The average Bonchev–Trinajstić information content (AvgIpc) is 2.16. The zero-order valence-electron chi connectivity index (χ0n) is 6.79. The van der Waals surface area contributed by atoms with Crippen molar-refractivity contribution in [2.75, 3.05) is 0 Å². The Morgan fingerprint density at radius 2 is 1.42 bits per heavy atom. The summed E-state index contributed by atoms with van der Waals surface area (Å²) in [4.78, 5) is 0. The minimum atomic E-state index is -0.208. The lowest BCUT2D eigenvalue weighted by molar-refractivity contribution is -0.00123. The summed E-state index contributed by atoms with van der Waals surface area (Å²) in [7, 11) is 0.